The molecule has 1 aromatic heterocycles. The Morgan fingerprint density at radius 1 is 0.913 bits per heavy atom. The average molecular weight is 305 g/mol. The number of benzene rings is 2. The number of nitrogens with zero attached hydrogens (tertiary/aromatic N) is 3. The Hall–Kier alpha value is -2.62. The Bertz CT molecular complexity index is 841. The molecule has 4 heteroatoms. The Balaban J connectivity index is 1.76. The maximum atomic E-state index is 10.1. The van der Waals surface area contributed by atoms with E-state index in [0.717, 1.165) is 41.1 Å². The minimum atomic E-state index is 0.284. The molecule has 1 aliphatic rings. The van der Waals surface area contributed by atoms with Crippen molar-refractivity contribution in [3.63, 3.8) is 0 Å². The summed E-state index contributed by atoms with van der Waals surface area (Å²) in [6, 6.07) is 13.3. The zero-order valence-electron chi connectivity index (χ0n) is 12.9. The smallest absolute Gasteiger partial charge is 0.147 e. The summed E-state index contributed by atoms with van der Waals surface area (Å²) in [6.45, 7) is 2.11. The highest BCUT2D eigenvalue weighted by Gasteiger charge is 2.13. The minimum absolute atomic E-state index is 0.284. The molecule has 0 unspecified atom stereocenters. The number of aromatic nitrogens is 2. The predicted octanol–water partition coefficient (Wildman–Crippen LogP) is 3.99. The first-order valence-corrected chi connectivity index (χ1v) is 8.11. The van der Waals surface area contributed by atoms with Gasteiger partial charge in [-0.25, -0.2) is 4.98 Å². The molecule has 0 bridgehead atoms. The average Bonchev–Trinajstić information content (AvgIpc) is 2.62. The molecule has 3 aromatic rings. The Kier molecular flexibility index (Phi) is 3.58. The van der Waals surface area contributed by atoms with Crippen molar-refractivity contribution in [2.45, 2.75) is 19.3 Å². The highest BCUT2D eigenvalue weighted by molar-refractivity contribution is 5.83. The summed E-state index contributed by atoms with van der Waals surface area (Å²) in [6.07, 6.45) is 5.61. The molecule has 4 rings (SSSR count). The van der Waals surface area contributed by atoms with E-state index < -0.39 is 0 Å². The van der Waals surface area contributed by atoms with Crippen LogP contribution in [0.15, 0.2) is 48.7 Å². The van der Waals surface area contributed by atoms with E-state index in [9.17, 15) is 5.11 Å². The third kappa shape index (κ3) is 2.72. The zero-order valence-corrected chi connectivity index (χ0v) is 12.9. The second-order valence-corrected chi connectivity index (χ2v) is 6.00. The van der Waals surface area contributed by atoms with Crippen LogP contribution >= 0.6 is 0 Å². The van der Waals surface area contributed by atoms with Crippen LogP contribution in [0.4, 0.5) is 5.82 Å². The largest absolute Gasteiger partial charge is 0.507 e. The monoisotopic (exact) mass is 305 g/mol. The van der Waals surface area contributed by atoms with E-state index in [0.29, 0.717) is 0 Å². The number of hydrogen-bond donors (Lipinski definition) is 1. The van der Waals surface area contributed by atoms with Crippen molar-refractivity contribution in [1.29, 1.82) is 0 Å². The van der Waals surface area contributed by atoms with Crippen LogP contribution in [0.5, 0.6) is 5.75 Å². The molecule has 0 saturated carbocycles. The van der Waals surface area contributed by atoms with Gasteiger partial charge in [-0.15, -0.1) is 0 Å². The number of aromatic hydroxyl groups is 1. The number of para-hydroxylation sites is 1. The topological polar surface area (TPSA) is 49.3 Å². The molecule has 116 valence electrons. The molecule has 2 aromatic carbocycles. The molecule has 2 heterocycles. The summed E-state index contributed by atoms with van der Waals surface area (Å²) in [5.41, 5.74) is 3.53. The molecular formula is C19H19N3O. The molecular weight excluding hydrogens is 286 g/mol. The molecule has 1 N–H and O–H groups in total. The fourth-order valence-electron chi connectivity index (χ4n) is 3.16. The minimum Gasteiger partial charge on any atom is -0.507 e. The Morgan fingerprint density at radius 2 is 1.74 bits per heavy atom. The van der Waals surface area contributed by atoms with Crippen molar-refractivity contribution in [3.05, 3.63) is 48.7 Å². The van der Waals surface area contributed by atoms with Crippen molar-refractivity contribution in [1.82, 2.24) is 9.97 Å². The molecule has 1 fully saturated rings. The fraction of sp³-hybridized carbons (Fsp3) is 0.263. The predicted molar refractivity (Wildman–Crippen MR) is 92.7 cm³/mol. The fourth-order valence-corrected chi connectivity index (χ4v) is 3.16. The lowest BCUT2D eigenvalue weighted by Gasteiger charge is -2.27. The standard InChI is InChI=1S/C19H19N3O/c23-18-7-3-2-6-15(18)14-8-9-16-17(12-14)21-19(13-20-16)22-10-4-1-5-11-22/h2-3,6-9,12-13,23H,1,4-5,10-11H2. The van der Waals surface area contributed by atoms with E-state index in [1.807, 2.05) is 42.6 Å². The quantitative estimate of drug-likeness (QED) is 0.777. The van der Waals surface area contributed by atoms with Gasteiger partial charge in [0.2, 0.25) is 0 Å². The third-order valence-electron chi connectivity index (χ3n) is 4.42. The molecule has 0 spiro atoms. The molecule has 1 saturated heterocycles. The van der Waals surface area contributed by atoms with Crippen LogP contribution in [0, 0.1) is 0 Å². The second kappa shape index (κ2) is 5.88. The number of rotatable bonds is 2. The van der Waals surface area contributed by atoms with Crippen LogP contribution in [0.3, 0.4) is 0 Å². The van der Waals surface area contributed by atoms with Crippen LogP contribution in [0.25, 0.3) is 22.2 Å². The first kappa shape index (κ1) is 14.0. The first-order chi connectivity index (χ1) is 11.3. The summed E-state index contributed by atoms with van der Waals surface area (Å²) in [4.78, 5) is 11.7. The van der Waals surface area contributed by atoms with Gasteiger partial charge in [-0.05, 0) is 43.0 Å². The number of phenols is 1. The summed E-state index contributed by atoms with van der Waals surface area (Å²) in [5.74, 6) is 1.23. The third-order valence-corrected chi connectivity index (χ3v) is 4.42. The SMILES string of the molecule is Oc1ccccc1-c1ccc2ncc(N3CCCCC3)nc2c1. The van der Waals surface area contributed by atoms with Crippen molar-refractivity contribution < 1.29 is 5.11 Å². The van der Waals surface area contributed by atoms with Gasteiger partial charge >= 0.3 is 0 Å². The number of phenolic OH excluding ortho intramolecular Hbond substituents is 1. The van der Waals surface area contributed by atoms with Crippen LogP contribution in [-0.4, -0.2) is 28.2 Å². The van der Waals surface area contributed by atoms with E-state index in [-0.39, 0.29) is 5.75 Å². The van der Waals surface area contributed by atoms with Crippen LogP contribution in [-0.2, 0) is 0 Å². The Labute approximate surface area is 135 Å². The molecule has 0 atom stereocenters. The van der Waals surface area contributed by atoms with Gasteiger partial charge in [0.05, 0.1) is 17.2 Å². The van der Waals surface area contributed by atoms with Gasteiger partial charge < -0.3 is 10.0 Å². The lowest BCUT2D eigenvalue weighted by molar-refractivity contribution is 0.477. The van der Waals surface area contributed by atoms with Gasteiger partial charge in [0, 0.05) is 18.7 Å². The normalized spacial score (nSPS) is 15.0. The van der Waals surface area contributed by atoms with Crippen LogP contribution < -0.4 is 4.90 Å². The first-order valence-electron chi connectivity index (χ1n) is 8.11. The summed E-state index contributed by atoms with van der Waals surface area (Å²) in [7, 11) is 0. The number of fused-ring (bicyclic) bond motifs is 1. The van der Waals surface area contributed by atoms with E-state index in [4.69, 9.17) is 4.98 Å². The van der Waals surface area contributed by atoms with Crippen LogP contribution in [0.2, 0.25) is 0 Å². The summed E-state index contributed by atoms with van der Waals surface area (Å²) in [5, 5.41) is 10.1. The summed E-state index contributed by atoms with van der Waals surface area (Å²) >= 11 is 0. The van der Waals surface area contributed by atoms with E-state index >= 15 is 0 Å². The maximum Gasteiger partial charge on any atom is 0.147 e. The summed E-state index contributed by atoms with van der Waals surface area (Å²) < 4.78 is 0. The highest BCUT2D eigenvalue weighted by Crippen LogP contribution is 2.30. The molecule has 1 aliphatic heterocycles. The number of anilines is 1. The molecule has 0 amide bonds. The number of hydrogen-bond acceptors (Lipinski definition) is 4. The van der Waals surface area contributed by atoms with Crippen molar-refractivity contribution in [2.24, 2.45) is 0 Å². The lowest BCUT2D eigenvalue weighted by Crippen LogP contribution is -2.30. The van der Waals surface area contributed by atoms with E-state index in [1.165, 1.54) is 19.3 Å². The van der Waals surface area contributed by atoms with Gasteiger partial charge in [0.1, 0.15) is 11.6 Å². The lowest BCUT2D eigenvalue weighted by atomic mass is 10.0. The molecule has 23 heavy (non-hydrogen) atoms. The second-order valence-electron chi connectivity index (χ2n) is 6.00. The van der Waals surface area contributed by atoms with E-state index in [1.54, 1.807) is 6.07 Å². The van der Waals surface area contributed by atoms with E-state index in [2.05, 4.69) is 9.88 Å². The van der Waals surface area contributed by atoms with Crippen molar-refractivity contribution in [3.8, 4) is 16.9 Å². The van der Waals surface area contributed by atoms with Crippen LogP contribution in [0.1, 0.15) is 19.3 Å². The molecule has 0 aliphatic carbocycles. The number of piperidine rings is 1. The van der Waals surface area contributed by atoms with Gasteiger partial charge in [0.25, 0.3) is 0 Å². The highest BCUT2D eigenvalue weighted by atomic mass is 16.3. The maximum absolute atomic E-state index is 10.1. The van der Waals surface area contributed by atoms with Gasteiger partial charge in [0.15, 0.2) is 0 Å². The van der Waals surface area contributed by atoms with Crippen molar-refractivity contribution in [2.75, 3.05) is 18.0 Å². The molecule has 4 nitrogen and oxygen atoms in total. The molecule has 0 radical (unpaired) electrons. The van der Waals surface area contributed by atoms with Gasteiger partial charge in [-0.3, -0.25) is 4.98 Å². The Morgan fingerprint density at radius 3 is 2.57 bits per heavy atom. The van der Waals surface area contributed by atoms with Gasteiger partial charge in [-0.1, -0.05) is 24.3 Å². The zero-order chi connectivity index (χ0) is 15.6. The van der Waals surface area contributed by atoms with Crippen molar-refractivity contribution >= 4 is 16.9 Å². The van der Waals surface area contributed by atoms with Gasteiger partial charge in [-0.2, -0.15) is 0 Å².